The molecule has 0 aliphatic heterocycles. The van der Waals surface area contributed by atoms with Gasteiger partial charge in [0.1, 0.15) is 5.82 Å². The highest BCUT2D eigenvalue weighted by Gasteiger charge is 2.02. The minimum atomic E-state index is -0.419. The van der Waals surface area contributed by atoms with Crippen LogP contribution in [0.4, 0.5) is 15.2 Å². The molecule has 2 rings (SSSR count). The van der Waals surface area contributed by atoms with E-state index in [1.165, 1.54) is 23.5 Å². The first kappa shape index (κ1) is 10.4. The van der Waals surface area contributed by atoms with Crippen LogP contribution in [0, 0.1) is 12.7 Å². The van der Waals surface area contributed by atoms with Crippen LogP contribution in [-0.2, 0) is 0 Å². The van der Waals surface area contributed by atoms with E-state index in [2.05, 4.69) is 10.3 Å². The highest BCUT2D eigenvalue weighted by molar-refractivity contribution is 7.13. The average molecular weight is 243 g/mol. The van der Waals surface area contributed by atoms with Crippen LogP contribution in [0.1, 0.15) is 5.69 Å². The van der Waals surface area contributed by atoms with Gasteiger partial charge in [0.15, 0.2) is 5.13 Å². The summed E-state index contributed by atoms with van der Waals surface area (Å²) in [5, 5.41) is 5.87. The zero-order valence-corrected chi connectivity index (χ0v) is 9.49. The summed E-state index contributed by atoms with van der Waals surface area (Å²) in [5.41, 5.74) is 1.69. The Morgan fingerprint density at radius 1 is 1.47 bits per heavy atom. The van der Waals surface area contributed by atoms with Gasteiger partial charge >= 0.3 is 0 Å². The molecule has 2 nitrogen and oxygen atoms in total. The molecular formula is C10H8ClFN2S. The van der Waals surface area contributed by atoms with Gasteiger partial charge in [0.2, 0.25) is 0 Å². The van der Waals surface area contributed by atoms with Gasteiger partial charge in [-0.2, -0.15) is 0 Å². The number of halogens is 2. The number of anilines is 2. The van der Waals surface area contributed by atoms with Crippen molar-refractivity contribution in [2.24, 2.45) is 0 Å². The number of thiazole rings is 1. The van der Waals surface area contributed by atoms with Crippen LogP contribution in [0.15, 0.2) is 23.6 Å². The minimum absolute atomic E-state index is 0.105. The Balaban J connectivity index is 2.21. The molecule has 0 bridgehead atoms. The Hall–Kier alpha value is -1.13. The molecule has 1 N–H and O–H groups in total. The van der Waals surface area contributed by atoms with Gasteiger partial charge in [0, 0.05) is 11.1 Å². The number of benzene rings is 1. The molecule has 5 heteroatoms. The van der Waals surface area contributed by atoms with E-state index in [0.29, 0.717) is 0 Å². The van der Waals surface area contributed by atoms with Crippen LogP contribution in [0.2, 0.25) is 5.02 Å². The van der Waals surface area contributed by atoms with Crippen molar-refractivity contribution >= 4 is 33.8 Å². The van der Waals surface area contributed by atoms with Crippen molar-refractivity contribution in [3.8, 4) is 0 Å². The summed E-state index contributed by atoms with van der Waals surface area (Å²) in [6.07, 6.45) is 0. The Labute approximate surface area is 95.7 Å². The van der Waals surface area contributed by atoms with E-state index in [0.717, 1.165) is 16.5 Å². The second-order valence-electron chi connectivity index (χ2n) is 3.05. The first-order valence-electron chi connectivity index (χ1n) is 4.29. The Kier molecular flexibility index (Phi) is 2.88. The highest BCUT2D eigenvalue weighted by Crippen LogP contribution is 2.24. The van der Waals surface area contributed by atoms with Crippen molar-refractivity contribution in [1.82, 2.24) is 4.98 Å². The summed E-state index contributed by atoms with van der Waals surface area (Å²) in [5.74, 6) is -0.419. The van der Waals surface area contributed by atoms with Gasteiger partial charge in [-0.25, -0.2) is 9.37 Å². The predicted molar refractivity (Wildman–Crippen MR) is 61.5 cm³/mol. The molecule has 0 saturated heterocycles. The normalized spacial score (nSPS) is 10.3. The van der Waals surface area contributed by atoms with Crippen LogP contribution in [0.25, 0.3) is 0 Å². The Morgan fingerprint density at radius 3 is 2.87 bits per heavy atom. The van der Waals surface area contributed by atoms with Gasteiger partial charge in [-0.1, -0.05) is 11.6 Å². The molecule has 15 heavy (non-hydrogen) atoms. The Morgan fingerprint density at radius 2 is 2.27 bits per heavy atom. The van der Waals surface area contributed by atoms with Crippen LogP contribution >= 0.6 is 22.9 Å². The number of rotatable bonds is 2. The van der Waals surface area contributed by atoms with Crippen molar-refractivity contribution < 1.29 is 4.39 Å². The molecular weight excluding hydrogens is 235 g/mol. The zero-order chi connectivity index (χ0) is 10.8. The van der Waals surface area contributed by atoms with Crippen molar-refractivity contribution in [3.05, 3.63) is 40.1 Å². The topological polar surface area (TPSA) is 24.9 Å². The van der Waals surface area contributed by atoms with Gasteiger partial charge in [-0.15, -0.1) is 11.3 Å². The molecule has 0 radical (unpaired) electrons. The SMILES string of the molecule is Cc1csc(Nc2ccc(F)c(Cl)c2)n1. The molecule has 1 aromatic heterocycles. The second kappa shape index (κ2) is 4.16. The standard InChI is InChI=1S/C10H8ClFN2S/c1-6-5-15-10(13-6)14-7-2-3-9(12)8(11)4-7/h2-5H,1H3,(H,13,14). The van der Waals surface area contributed by atoms with E-state index in [1.54, 1.807) is 6.07 Å². The summed E-state index contributed by atoms with van der Waals surface area (Å²) in [6.45, 7) is 1.92. The molecule has 0 fully saturated rings. The third kappa shape index (κ3) is 2.46. The maximum atomic E-state index is 12.9. The summed E-state index contributed by atoms with van der Waals surface area (Å²) < 4.78 is 12.9. The fourth-order valence-corrected chi connectivity index (χ4v) is 2.00. The summed E-state index contributed by atoms with van der Waals surface area (Å²) in [7, 11) is 0. The fourth-order valence-electron chi connectivity index (χ4n) is 1.11. The second-order valence-corrected chi connectivity index (χ2v) is 4.31. The molecule has 2 aromatic rings. The molecule has 0 amide bonds. The van der Waals surface area contributed by atoms with Crippen LogP contribution in [0.5, 0.6) is 0 Å². The monoisotopic (exact) mass is 242 g/mol. The maximum absolute atomic E-state index is 12.9. The third-order valence-corrected chi connectivity index (χ3v) is 2.96. The molecule has 0 aliphatic carbocycles. The van der Waals surface area contributed by atoms with E-state index in [4.69, 9.17) is 11.6 Å². The predicted octanol–water partition coefficient (Wildman–Crippen LogP) is 3.99. The number of hydrogen-bond acceptors (Lipinski definition) is 3. The van der Waals surface area contributed by atoms with E-state index in [-0.39, 0.29) is 5.02 Å². The Bertz CT molecular complexity index is 484. The zero-order valence-electron chi connectivity index (χ0n) is 7.92. The largest absolute Gasteiger partial charge is 0.331 e. The van der Waals surface area contributed by atoms with Crippen molar-refractivity contribution in [2.45, 2.75) is 6.92 Å². The number of aromatic nitrogens is 1. The quantitative estimate of drug-likeness (QED) is 0.861. The average Bonchev–Trinajstić information content (AvgIpc) is 2.58. The molecule has 0 aliphatic rings. The molecule has 1 aromatic carbocycles. The minimum Gasteiger partial charge on any atom is -0.331 e. The molecule has 1 heterocycles. The summed E-state index contributed by atoms with van der Waals surface area (Å²) in [6, 6.07) is 4.48. The van der Waals surface area contributed by atoms with Crippen LogP contribution in [0.3, 0.4) is 0 Å². The van der Waals surface area contributed by atoms with Crippen LogP contribution < -0.4 is 5.32 Å². The lowest BCUT2D eigenvalue weighted by atomic mass is 10.3. The number of aryl methyl sites for hydroxylation is 1. The van der Waals surface area contributed by atoms with E-state index in [1.807, 2.05) is 12.3 Å². The van der Waals surface area contributed by atoms with E-state index < -0.39 is 5.82 Å². The molecule has 0 saturated carbocycles. The molecule has 0 unspecified atom stereocenters. The van der Waals surface area contributed by atoms with Gasteiger partial charge in [-0.3, -0.25) is 0 Å². The van der Waals surface area contributed by atoms with E-state index >= 15 is 0 Å². The van der Waals surface area contributed by atoms with Crippen molar-refractivity contribution in [1.29, 1.82) is 0 Å². The van der Waals surface area contributed by atoms with Crippen LogP contribution in [-0.4, -0.2) is 4.98 Å². The maximum Gasteiger partial charge on any atom is 0.187 e. The number of nitrogens with one attached hydrogen (secondary N) is 1. The van der Waals surface area contributed by atoms with Gasteiger partial charge in [-0.05, 0) is 25.1 Å². The summed E-state index contributed by atoms with van der Waals surface area (Å²) >= 11 is 7.15. The highest BCUT2D eigenvalue weighted by atomic mass is 35.5. The molecule has 0 spiro atoms. The number of hydrogen-bond donors (Lipinski definition) is 1. The lowest BCUT2D eigenvalue weighted by Crippen LogP contribution is -1.90. The number of nitrogens with zero attached hydrogens (tertiary/aromatic N) is 1. The first-order valence-corrected chi connectivity index (χ1v) is 5.55. The summed E-state index contributed by atoms with van der Waals surface area (Å²) in [4.78, 5) is 4.23. The fraction of sp³-hybridized carbons (Fsp3) is 0.100. The molecule has 0 atom stereocenters. The molecule has 78 valence electrons. The third-order valence-electron chi connectivity index (χ3n) is 1.79. The van der Waals surface area contributed by atoms with Gasteiger partial charge in [0.05, 0.1) is 10.7 Å². The first-order chi connectivity index (χ1) is 7.15. The van der Waals surface area contributed by atoms with Gasteiger partial charge in [0.25, 0.3) is 0 Å². The van der Waals surface area contributed by atoms with Crippen molar-refractivity contribution in [2.75, 3.05) is 5.32 Å². The van der Waals surface area contributed by atoms with E-state index in [9.17, 15) is 4.39 Å². The smallest absolute Gasteiger partial charge is 0.187 e. The van der Waals surface area contributed by atoms with Gasteiger partial charge < -0.3 is 5.32 Å². The lowest BCUT2D eigenvalue weighted by molar-refractivity contribution is 0.628. The van der Waals surface area contributed by atoms with Crippen molar-refractivity contribution in [3.63, 3.8) is 0 Å². The lowest BCUT2D eigenvalue weighted by Gasteiger charge is -2.02.